The van der Waals surface area contributed by atoms with Crippen LogP contribution in [0.5, 0.6) is 0 Å². The van der Waals surface area contributed by atoms with Gasteiger partial charge in [-0.3, -0.25) is 0 Å². The van der Waals surface area contributed by atoms with E-state index in [2.05, 4.69) is 27.7 Å². The fourth-order valence-electron chi connectivity index (χ4n) is 2.10. The zero-order chi connectivity index (χ0) is 10.8. The van der Waals surface area contributed by atoms with Gasteiger partial charge < -0.3 is 0 Å². The van der Waals surface area contributed by atoms with Gasteiger partial charge in [0.2, 0.25) is 0 Å². The Morgan fingerprint density at radius 1 is 0.786 bits per heavy atom. The maximum absolute atomic E-state index is 2.43. The van der Waals surface area contributed by atoms with Gasteiger partial charge in [-0.05, 0) is 11.8 Å². The van der Waals surface area contributed by atoms with Crippen molar-refractivity contribution in [1.82, 2.24) is 0 Å². The van der Waals surface area contributed by atoms with Crippen molar-refractivity contribution in [3.63, 3.8) is 0 Å². The van der Waals surface area contributed by atoms with Crippen molar-refractivity contribution in [2.75, 3.05) is 0 Å². The summed E-state index contributed by atoms with van der Waals surface area (Å²) in [4.78, 5) is 0. The first-order valence-electron chi connectivity index (χ1n) is 6.74. The van der Waals surface area contributed by atoms with Crippen LogP contribution in [0.3, 0.4) is 0 Å². The lowest BCUT2D eigenvalue weighted by Crippen LogP contribution is -2.02. The van der Waals surface area contributed by atoms with Crippen LogP contribution in [0.15, 0.2) is 0 Å². The summed E-state index contributed by atoms with van der Waals surface area (Å²) < 4.78 is 0. The van der Waals surface area contributed by atoms with Crippen LogP contribution in [-0.4, -0.2) is 0 Å². The van der Waals surface area contributed by atoms with Crippen molar-refractivity contribution in [3.05, 3.63) is 0 Å². The minimum Gasteiger partial charge on any atom is -0.0654 e. The summed E-state index contributed by atoms with van der Waals surface area (Å²) >= 11 is 0. The molecule has 0 amide bonds. The molecule has 0 rings (SSSR count). The average molecular weight is 198 g/mol. The van der Waals surface area contributed by atoms with E-state index < -0.39 is 0 Å². The molecular weight excluding hydrogens is 168 g/mol. The van der Waals surface area contributed by atoms with Crippen molar-refractivity contribution < 1.29 is 0 Å². The molecule has 0 saturated carbocycles. The second-order valence-electron chi connectivity index (χ2n) is 4.86. The second-order valence-corrected chi connectivity index (χ2v) is 4.86. The average Bonchev–Trinajstić information content (AvgIpc) is 2.20. The van der Waals surface area contributed by atoms with Crippen LogP contribution in [0.1, 0.15) is 79.1 Å². The lowest BCUT2D eigenvalue weighted by atomic mass is 9.90. The van der Waals surface area contributed by atoms with Gasteiger partial charge in [0.25, 0.3) is 0 Å². The largest absolute Gasteiger partial charge is 0.0654 e. The first-order valence-corrected chi connectivity index (χ1v) is 6.74. The Bertz CT molecular complexity index is 103. The van der Waals surface area contributed by atoms with Crippen molar-refractivity contribution in [3.8, 4) is 0 Å². The highest BCUT2D eigenvalue weighted by atomic mass is 14.1. The molecule has 1 atom stereocenters. The fraction of sp³-hybridized carbons (Fsp3) is 1.00. The third kappa shape index (κ3) is 7.41. The van der Waals surface area contributed by atoms with E-state index >= 15 is 0 Å². The second kappa shape index (κ2) is 9.55. The molecule has 86 valence electrons. The molecule has 0 aromatic heterocycles. The molecule has 0 spiro atoms. The van der Waals surface area contributed by atoms with E-state index in [-0.39, 0.29) is 0 Å². The standard InChI is InChI=1S/C14H30/c1-5-8-9-10-13(4)11-12-14(6-2)7-3/h13-14H,5-12H2,1-4H3. The van der Waals surface area contributed by atoms with E-state index in [1.807, 2.05) is 0 Å². The Balaban J connectivity index is 3.37. The molecule has 0 aliphatic heterocycles. The zero-order valence-corrected chi connectivity index (χ0v) is 10.8. The Hall–Kier alpha value is 0. The number of hydrogen-bond acceptors (Lipinski definition) is 0. The van der Waals surface area contributed by atoms with Crippen LogP contribution >= 0.6 is 0 Å². The Morgan fingerprint density at radius 3 is 1.93 bits per heavy atom. The first kappa shape index (κ1) is 14.0. The van der Waals surface area contributed by atoms with E-state index in [0.717, 1.165) is 11.8 Å². The summed E-state index contributed by atoms with van der Waals surface area (Å²) in [7, 11) is 0. The van der Waals surface area contributed by atoms with Gasteiger partial charge in [0, 0.05) is 0 Å². The van der Waals surface area contributed by atoms with Crippen molar-refractivity contribution in [1.29, 1.82) is 0 Å². The van der Waals surface area contributed by atoms with Gasteiger partial charge in [0.05, 0.1) is 0 Å². The van der Waals surface area contributed by atoms with Gasteiger partial charge in [-0.15, -0.1) is 0 Å². The lowest BCUT2D eigenvalue weighted by molar-refractivity contribution is 0.372. The number of hydrogen-bond donors (Lipinski definition) is 0. The predicted molar refractivity (Wildman–Crippen MR) is 66.6 cm³/mol. The van der Waals surface area contributed by atoms with Crippen molar-refractivity contribution in [2.45, 2.75) is 79.1 Å². The highest BCUT2D eigenvalue weighted by Crippen LogP contribution is 2.21. The molecule has 0 N–H and O–H groups in total. The van der Waals surface area contributed by atoms with Crippen LogP contribution in [0.25, 0.3) is 0 Å². The summed E-state index contributed by atoms with van der Waals surface area (Å²) in [5.74, 6) is 1.95. The molecule has 0 aromatic rings. The monoisotopic (exact) mass is 198 g/mol. The summed E-state index contributed by atoms with van der Waals surface area (Å²) in [6.07, 6.45) is 11.3. The van der Waals surface area contributed by atoms with Gasteiger partial charge >= 0.3 is 0 Å². The van der Waals surface area contributed by atoms with Gasteiger partial charge in [-0.25, -0.2) is 0 Å². The third-order valence-electron chi connectivity index (χ3n) is 3.52. The highest BCUT2D eigenvalue weighted by Gasteiger charge is 2.07. The molecule has 1 unspecified atom stereocenters. The number of rotatable bonds is 9. The van der Waals surface area contributed by atoms with Crippen molar-refractivity contribution in [2.24, 2.45) is 11.8 Å². The van der Waals surface area contributed by atoms with E-state index in [4.69, 9.17) is 0 Å². The molecule has 0 bridgehead atoms. The molecule has 0 aromatic carbocycles. The van der Waals surface area contributed by atoms with Crippen LogP contribution in [0.4, 0.5) is 0 Å². The van der Waals surface area contributed by atoms with E-state index in [0.29, 0.717) is 0 Å². The van der Waals surface area contributed by atoms with E-state index in [9.17, 15) is 0 Å². The van der Waals surface area contributed by atoms with Gasteiger partial charge in [-0.1, -0.05) is 79.1 Å². The van der Waals surface area contributed by atoms with Crippen LogP contribution in [0, 0.1) is 11.8 Å². The highest BCUT2D eigenvalue weighted by molar-refractivity contribution is 4.59. The van der Waals surface area contributed by atoms with Crippen LogP contribution in [0.2, 0.25) is 0 Å². The van der Waals surface area contributed by atoms with E-state index in [1.165, 1.54) is 51.4 Å². The molecule has 0 aliphatic carbocycles. The summed E-state index contributed by atoms with van der Waals surface area (Å²) in [5.41, 5.74) is 0. The Morgan fingerprint density at radius 2 is 1.43 bits per heavy atom. The molecule has 0 nitrogen and oxygen atoms in total. The van der Waals surface area contributed by atoms with Crippen molar-refractivity contribution >= 4 is 0 Å². The fourth-order valence-corrected chi connectivity index (χ4v) is 2.10. The van der Waals surface area contributed by atoms with Crippen LogP contribution in [-0.2, 0) is 0 Å². The zero-order valence-electron chi connectivity index (χ0n) is 10.8. The number of unbranched alkanes of at least 4 members (excludes halogenated alkanes) is 2. The summed E-state index contributed by atoms with van der Waals surface area (Å²) in [6, 6.07) is 0. The maximum atomic E-state index is 2.43. The Kier molecular flexibility index (Phi) is 9.55. The topological polar surface area (TPSA) is 0 Å². The predicted octanol–water partition coefficient (Wildman–Crippen LogP) is 5.42. The summed E-state index contributed by atoms with van der Waals surface area (Å²) in [5, 5.41) is 0. The quantitative estimate of drug-likeness (QED) is 0.434. The van der Waals surface area contributed by atoms with Gasteiger partial charge in [-0.2, -0.15) is 0 Å². The third-order valence-corrected chi connectivity index (χ3v) is 3.52. The SMILES string of the molecule is CCCCCC(C)CCC(CC)CC. The molecule has 0 radical (unpaired) electrons. The molecule has 0 heteroatoms. The van der Waals surface area contributed by atoms with Gasteiger partial charge in [0.1, 0.15) is 0 Å². The van der Waals surface area contributed by atoms with E-state index in [1.54, 1.807) is 0 Å². The molecule has 0 fully saturated rings. The smallest absolute Gasteiger partial charge is 0.0419 e. The first-order chi connectivity index (χ1) is 6.74. The van der Waals surface area contributed by atoms with Gasteiger partial charge in [0.15, 0.2) is 0 Å². The molecular formula is C14H30. The van der Waals surface area contributed by atoms with Crippen LogP contribution < -0.4 is 0 Å². The Labute approximate surface area is 91.5 Å². The minimum absolute atomic E-state index is 0.960. The maximum Gasteiger partial charge on any atom is -0.0419 e. The molecule has 0 heterocycles. The molecule has 0 saturated heterocycles. The molecule has 0 aliphatic rings. The minimum atomic E-state index is 0.960. The molecule has 14 heavy (non-hydrogen) atoms. The summed E-state index contributed by atoms with van der Waals surface area (Å²) in [6.45, 7) is 9.37. The lowest BCUT2D eigenvalue weighted by Gasteiger charge is -2.16. The normalized spacial score (nSPS) is 13.5.